The van der Waals surface area contributed by atoms with E-state index in [2.05, 4.69) is 0 Å². The Kier molecular flexibility index (Phi) is 6.36. The molecule has 0 atom stereocenters. The molecule has 132 valence electrons. The van der Waals surface area contributed by atoms with Crippen molar-refractivity contribution in [1.29, 1.82) is 0 Å². The zero-order valence-corrected chi connectivity index (χ0v) is 14.5. The second-order valence-corrected chi connectivity index (χ2v) is 5.70. The van der Waals surface area contributed by atoms with Gasteiger partial charge in [-0.2, -0.15) is 0 Å². The van der Waals surface area contributed by atoms with Crippen LogP contribution in [-0.4, -0.2) is 37.5 Å². The molecule has 1 amide bonds. The molecule has 0 unspecified atom stereocenters. The van der Waals surface area contributed by atoms with Gasteiger partial charge in [0.25, 0.3) is 5.91 Å². The number of benzene rings is 2. The summed E-state index contributed by atoms with van der Waals surface area (Å²) in [5.41, 5.74) is 0.501. The van der Waals surface area contributed by atoms with Crippen LogP contribution in [0, 0.1) is 5.82 Å². The highest BCUT2D eigenvalue weighted by Gasteiger charge is 2.18. The molecule has 7 heteroatoms. The van der Waals surface area contributed by atoms with Crippen molar-refractivity contribution in [3.63, 3.8) is 0 Å². The number of halogens is 2. The summed E-state index contributed by atoms with van der Waals surface area (Å²) in [5.74, 6) is -1.30. The van der Waals surface area contributed by atoms with Gasteiger partial charge in [-0.15, -0.1) is 0 Å². The summed E-state index contributed by atoms with van der Waals surface area (Å²) in [7, 11) is 2.91. The SMILES string of the molecule is COc1ccc(Cl)cc1C(=O)OCC(=O)N(C)Cc1ccccc1F. The predicted molar refractivity (Wildman–Crippen MR) is 91.2 cm³/mol. The quantitative estimate of drug-likeness (QED) is 0.737. The van der Waals surface area contributed by atoms with E-state index in [1.54, 1.807) is 24.3 Å². The number of nitrogens with zero attached hydrogens (tertiary/aromatic N) is 1. The fraction of sp³-hybridized carbons (Fsp3) is 0.222. The van der Waals surface area contributed by atoms with E-state index in [1.807, 2.05) is 0 Å². The van der Waals surface area contributed by atoms with Gasteiger partial charge in [0.1, 0.15) is 17.1 Å². The van der Waals surface area contributed by atoms with Crippen molar-refractivity contribution in [2.75, 3.05) is 20.8 Å². The number of amides is 1. The van der Waals surface area contributed by atoms with E-state index in [0.29, 0.717) is 16.3 Å². The maximum atomic E-state index is 13.6. The van der Waals surface area contributed by atoms with Crippen LogP contribution < -0.4 is 4.74 Å². The normalized spacial score (nSPS) is 10.2. The first-order chi connectivity index (χ1) is 11.9. The maximum absolute atomic E-state index is 13.6. The Morgan fingerprint density at radius 1 is 1.20 bits per heavy atom. The predicted octanol–water partition coefficient (Wildman–Crippen LogP) is 3.30. The van der Waals surface area contributed by atoms with Gasteiger partial charge in [0, 0.05) is 24.2 Å². The van der Waals surface area contributed by atoms with Gasteiger partial charge in [0.05, 0.1) is 7.11 Å². The lowest BCUT2D eigenvalue weighted by atomic mass is 10.2. The standard InChI is InChI=1S/C18H17ClFNO4/c1-21(10-12-5-3-4-6-15(12)20)17(22)11-25-18(23)14-9-13(19)7-8-16(14)24-2/h3-9H,10-11H2,1-2H3. The minimum Gasteiger partial charge on any atom is -0.496 e. The van der Waals surface area contributed by atoms with Crippen LogP contribution in [0.5, 0.6) is 5.75 Å². The van der Waals surface area contributed by atoms with Crippen molar-refractivity contribution in [2.45, 2.75) is 6.54 Å². The Hall–Kier alpha value is -2.60. The zero-order valence-electron chi connectivity index (χ0n) is 13.8. The smallest absolute Gasteiger partial charge is 0.342 e. The first-order valence-corrected chi connectivity index (χ1v) is 7.78. The van der Waals surface area contributed by atoms with E-state index >= 15 is 0 Å². The van der Waals surface area contributed by atoms with Crippen LogP contribution in [-0.2, 0) is 16.1 Å². The van der Waals surface area contributed by atoms with Crippen LogP contribution in [0.4, 0.5) is 4.39 Å². The first-order valence-electron chi connectivity index (χ1n) is 7.40. The molecule has 2 rings (SSSR count). The van der Waals surface area contributed by atoms with Gasteiger partial charge < -0.3 is 14.4 Å². The lowest BCUT2D eigenvalue weighted by molar-refractivity contribution is -0.133. The number of esters is 1. The van der Waals surface area contributed by atoms with Crippen molar-refractivity contribution in [3.05, 3.63) is 64.4 Å². The summed E-state index contributed by atoms with van der Waals surface area (Å²) in [4.78, 5) is 25.5. The highest BCUT2D eigenvalue weighted by molar-refractivity contribution is 6.31. The molecular weight excluding hydrogens is 349 g/mol. The summed E-state index contributed by atoms with van der Waals surface area (Å²) < 4.78 is 23.7. The molecule has 0 bridgehead atoms. The molecule has 0 saturated heterocycles. The van der Waals surface area contributed by atoms with E-state index < -0.39 is 24.3 Å². The fourth-order valence-electron chi connectivity index (χ4n) is 2.13. The Morgan fingerprint density at radius 2 is 1.92 bits per heavy atom. The van der Waals surface area contributed by atoms with Crippen LogP contribution in [0.1, 0.15) is 15.9 Å². The van der Waals surface area contributed by atoms with Crippen molar-refractivity contribution in [1.82, 2.24) is 4.90 Å². The maximum Gasteiger partial charge on any atom is 0.342 e. The molecule has 5 nitrogen and oxygen atoms in total. The van der Waals surface area contributed by atoms with Gasteiger partial charge in [0.2, 0.25) is 0 Å². The molecular formula is C18H17ClFNO4. The van der Waals surface area contributed by atoms with Gasteiger partial charge in [0.15, 0.2) is 6.61 Å². The number of carbonyl (C=O) groups excluding carboxylic acids is 2. The summed E-state index contributed by atoms with van der Waals surface area (Å²) >= 11 is 5.86. The summed E-state index contributed by atoms with van der Waals surface area (Å²) in [5, 5.41) is 0.343. The van der Waals surface area contributed by atoms with Gasteiger partial charge in [-0.1, -0.05) is 29.8 Å². The second-order valence-electron chi connectivity index (χ2n) is 5.26. The van der Waals surface area contributed by atoms with Crippen LogP contribution in [0.15, 0.2) is 42.5 Å². The molecule has 0 spiro atoms. The Labute approximate surface area is 149 Å². The van der Waals surface area contributed by atoms with Crippen molar-refractivity contribution >= 4 is 23.5 Å². The molecule has 0 saturated carbocycles. The number of hydrogen-bond acceptors (Lipinski definition) is 4. The van der Waals surface area contributed by atoms with E-state index in [-0.39, 0.29) is 12.1 Å². The number of methoxy groups -OCH3 is 1. The number of likely N-dealkylation sites (N-methyl/N-ethyl adjacent to an activating group) is 1. The summed E-state index contributed by atoms with van der Waals surface area (Å²) in [6.07, 6.45) is 0. The van der Waals surface area contributed by atoms with E-state index in [4.69, 9.17) is 21.1 Å². The molecule has 2 aromatic rings. The lowest BCUT2D eigenvalue weighted by Crippen LogP contribution is -2.31. The molecule has 0 aliphatic heterocycles. The van der Waals surface area contributed by atoms with Gasteiger partial charge in [-0.05, 0) is 24.3 Å². The lowest BCUT2D eigenvalue weighted by Gasteiger charge is -2.17. The Balaban J connectivity index is 1.96. The Morgan fingerprint density at radius 3 is 2.60 bits per heavy atom. The molecule has 0 aliphatic rings. The third kappa shape index (κ3) is 4.93. The molecule has 2 aromatic carbocycles. The van der Waals surface area contributed by atoms with Crippen LogP contribution in [0.2, 0.25) is 5.02 Å². The third-order valence-corrected chi connectivity index (χ3v) is 3.73. The average molecular weight is 366 g/mol. The molecule has 0 radical (unpaired) electrons. The van der Waals surface area contributed by atoms with Crippen LogP contribution >= 0.6 is 11.6 Å². The van der Waals surface area contributed by atoms with E-state index in [1.165, 1.54) is 37.3 Å². The minimum absolute atomic E-state index is 0.0730. The fourth-order valence-corrected chi connectivity index (χ4v) is 2.30. The zero-order chi connectivity index (χ0) is 18.4. The third-order valence-electron chi connectivity index (χ3n) is 3.50. The molecule has 0 heterocycles. The summed E-state index contributed by atoms with van der Waals surface area (Å²) in [6.45, 7) is -0.400. The molecule has 0 aliphatic carbocycles. The van der Waals surface area contributed by atoms with Crippen LogP contribution in [0.3, 0.4) is 0 Å². The molecule has 25 heavy (non-hydrogen) atoms. The Bertz CT molecular complexity index is 781. The van der Waals surface area contributed by atoms with Gasteiger partial charge in [-0.25, -0.2) is 9.18 Å². The number of ether oxygens (including phenoxy) is 2. The van der Waals surface area contributed by atoms with Crippen LogP contribution in [0.25, 0.3) is 0 Å². The largest absolute Gasteiger partial charge is 0.496 e. The highest BCUT2D eigenvalue weighted by atomic mass is 35.5. The van der Waals surface area contributed by atoms with E-state index in [0.717, 1.165) is 0 Å². The van der Waals surface area contributed by atoms with E-state index in [9.17, 15) is 14.0 Å². The van der Waals surface area contributed by atoms with Crippen molar-refractivity contribution in [3.8, 4) is 5.75 Å². The molecule has 0 N–H and O–H groups in total. The van der Waals surface area contributed by atoms with Gasteiger partial charge >= 0.3 is 5.97 Å². The topological polar surface area (TPSA) is 55.8 Å². The average Bonchev–Trinajstić information content (AvgIpc) is 2.61. The monoisotopic (exact) mass is 365 g/mol. The van der Waals surface area contributed by atoms with Crippen molar-refractivity contribution in [2.24, 2.45) is 0 Å². The molecule has 0 fully saturated rings. The molecule has 0 aromatic heterocycles. The van der Waals surface area contributed by atoms with Gasteiger partial charge in [-0.3, -0.25) is 4.79 Å². The number of carbonyl (C=O) groups is 2. The summed E-state index contributed by atoms with van der Waals surface area (Å²) in [6, 6.07) is 10.7. The number of rotatable bonds is 6. The first kappa shape index (κ1) is 18.7. The minimum atomic E-state index is -0.730. The van der Waals surface area contributed by atoms with Crippen molar-refractivity contribution < 1.29 is 23.5 Å². The highest BCUT2D eigenvalue weighted by Crippen LogP contribution is 2.23. The number of hydrogen-bond donors (Lipinski definition) is 0. The second kappa shape index (κ2) is 8.48.